The summed E-state index contributed by atoms with van der Waals surface area (Å²) in [7, 11) is 0. The highest BCUT2D eigenvalue weighted by Crippen LogP contribution is 1.21. The van der Waals surface area contributed by atoms with Crippen molar-refractivity contribution in [2.24, 2.45) is 0 Å². The summed E-state index contributed by atoms with van der Waals surface area (Å²) in [6, 6.07) is 1.75. The smallest absolute Gasteiger partial charge is 0.0587 e. The normalized spacial score (nSPS) is 1.60. The molecule has 0 fully saturated rings. The molecular formula is C2H5Br2N. The molecule has 0 aliphatic heterocycles. The molecule has 0 bridgehead atoms. The second-order valence-electron chi connectivity index (χ2n) is 0.224. The SMILES string of the molecule is Br.Br.CC#N. The van der Waals surface area contributed by atoms with E-state index in [2.05, 4.69) is 0 Å². The van der Waals surface area contributed by atoms with E-state index in [0.717, 1.165) is 0 Å². The molecule has 0 aliphatic rings. The molecule has 0 aromatic carbocycles. The Hall–Kier alpha value is 0.450. The number of nitriles is 1. The van der Waals surface area contributed by atoms with Gasteiger partial charge in [-0.2, -0.15) is 5.26 Å². The molecule has 0 aromatic heterocycles. The fourth-order valence-electron chi connectivity index (χ4n) is 0. The van der Waals surface area contributed by atoms with Crippen molar-refractivity contribution in [2.45, 2.75) is 6.92 Å². The van der Waals surface area contributed by atoms with Gasteiger partial charge >= 0.3 is 0 Å². The van der Waals surface area contributed by atoms with Crippen molar-refractivity contribution in [3.63, 3.8) is 0 Å². The van der Waals surface area contributed by atoms with Gasteiger partial charge in [0.25, 0.3) is 0 Å². The predicted octanol–water partition coefficient (Wildman–Crippen LogP) is 1.69. The van der Waals surface area contributed by atoms with Crippen molar-refractivity contribution in [2.75, 3.05) is 0 Å². The molecule has 0 unspecified atom stereocenters. The molecule has 0 spiro atoms. The summed E-state index contributed by atoms with van der Waals surface area (Å²) in [6.07, 6.45) is 0. The summed E-state index contributed by atoms with van der Waals surface area (Å²) in [6.45, 7) is 1.43. The number of nitrogens with zero attached hydrogens (tertiary/aromatic N) is 1. The Balaban J connectivity index is -0.0000000200. The average molecular weight is 203 g/mol. The van der Waals surface area contributed by atoms with Gasteiger partial charge in [-0.05, 0) is 0 Å². The van der Waals surface area contributed by atoms with Crippen LogP contribution < -0.4 is 0 Å². The van der Waals surface area contributed by atoms with Crippen molar-refractivity contribution in [1.82, 2.24) is 0 Å². The fourth-order valence-corrected chi connectivity index (χ4v) is 0. The van der Waals surface area contributed by atoms with E-state index in [-0.39, 0.29) is 34.0 Å². The standard InChI is InChI=1S/C2H3N.2BrH/c1-2-3;;/h1H3;2*1H. The monoisotopic (exact) mass is 201 g/mol. The van der Waals surface area contributed by atoms with Gasteiger partial charge in [0, 0.05) is 6.92 Å². The summed E-state index contributed by atoms with van der Waals surface area (Å²) in [5.74, 6) is 0. The summed E-state index contributed by atoms with van der Waals surface area (Å²) in [5, 5.41) is 7.32. The zero-order valence-electron chi connectivity index (χ0n) is 2.76. The van der Waals surface area contributed by atoms with E-state index < -0.39 is 0 Å². The molecular weight excluding hydrogens is 198 g/mol. The molecule has 0 heterocycles. The third kappa shape index (κ3) is 132. The number of halogens is 2. The van der Waals surface area contributed by atoms with E-state index in [9.17, 15) is 0 Å². The van der Waals surface area contributed by atoms with E-state index in [0.29, 0.717) is 0 Å². The minimum absolute atomic E-state index is 0. The van der Waals surface area contributed by atoms with Gasteiger partial charge in [-0.1, -0.05) is 0 Å². The Labute approximate surface area is 52.5 Å². The second kappa shape index (κ2) is 25.2. The average Bonchev–Trinajstić information content (AvgIpc) is 0.918. The van der Waals surface area contributed by atoms with Gasteiger partial charge in [-0.15, -0.1) is 34.0 Å². The third-order valence-electron chi connectivity index (χ3n) is 0. The van der Waals surface area contributed by atoms with Gasteiger partial charge in [-0.25, -0.2) is 0 Å². The Bertz CT molecular complexity index is 29.1. The van der Waals surface area contributed by atoms with Gasteiger partial charge in [-0.3, -0.25) is 0 Å². The lowest BCUT2D eigenvalue weighted by Crippen LogP contribution is -1.10. The first-order chi connectivity index (χ1) is 1.41. The van der Waals surface area contributed by atoms with Crippen LogP contribution in [0.15, 0.2) is 0 Å². The van der Waals surface area contributed by atoms with Gasteiger partial charge in [0.1, 0.15) is 0 Å². The van der Waals surface area contributed by atoms with Crippen LogP contribution in [0.5, 0.6) is 0 Å². The van der Waals surface area contributed by atoms with Gasteiger partial charge in [0.2, 0.25) is 0 Å². The van der Waals surface area contributed by atoms with Crippen LogP contribution in [0.25, 0.3) is 0 Å². The highest BCUT2D eigenvalue weighted by atomic mass is 79.9. The molecule has 0 saturated heterocycles. The zero-order valence-corrected chi connectivity index (χ0v) is 6.19. The largest absolute Gasteiger partial charge is 0.199 e. The molecule has 5 heavy (non-hydrogen) atoms. The van der Waals surface area contributed by atoms with E-state index in [1.165, 1.54) is 6.92 Å². The number of hydrogen-bond donors (Lipinski definition) is 0. The van der Waals surface area contributed by atoms with Crippen molar-refractivity contribution >= 4 is 34.0 Å². The van der Waals surface area contributed by atoms with Gasteiger partial charge < -0.3 is 0 Å². The molecule has 0 radical (unpaired) electrons. The maximum absolute atomic E-state index is 7.32. The molecule has 32 valence electrons. The maximum atomic E-state index is 7.32. The zero-order chi connectivity index (χ0) is 2.71. The molecule has 0 atom stereocenters. The van der Waals surface area contributed by atoms with Gasteiger partial charge in [0.05, 0.1) is 6.07 Å². The van der Waals surface area contributed by atoms with Crippen LogP contribution in [0.2, 0.25) is 0 Å². The third-order valence-corrected chi connectivity index (χ3v) is 0. The second-order valence-corrected chi connectivity index (χ2v) is 0.224. The van der Waals surface area contributed by atoms with Crippen molar-refractivity contribution in [3.8, 4) is 6.07 Å². The first kappa shape index (κ1) is 18.0. The topological polar surface area (TPSA) is 23.8 Å². The van der Waals surface area contributed by atoms with E-state index in [1.54, 1.807) is 6.07 Å². The lowest BCUT2D eigenvalue weighted by atomic mass is 11.0. The van der Waals surface area contributed by atoms with Crippen LogP contribution in [-0.4, -0.2) is 0 Å². The molecule has 0 rings (SSSR count). The highest BCUT2D eigenvalue weighted by molar-refractivity contribution is 8.93. The van der Waals surface area contributed by atoms with Crippen molar-refractivity contribution in [3.05, 3.63) is 0 Å². The van der Waals surface area contributed by atoms with E-state index >= 15 is 0 Å². The van der Waals surface area contributed by atoms with Crippen molar-refractivity contribution in [1.29, 1.82) is 5.26 Å². The number of rotatable bonds is 0. The van der Waals surface area contributed by atoms with E-state index in [1.807, 2.05) is 0 Å². The first-order valence-electron chi connectivity index (χ1n) is 0.724. The van der Waals surface area contributed by atoms with Crippen LogP contribution in [-0.2, 0) is 0 Å². The predicted molar refractivity (Wildman–Crippen MR) is 31.9 cm³/mol. The molecule has 0 aromatic rings. The summed E-state index contributed by atoms with van der Waals surface area (Å²) >= 11 is 0. The van der Waals surface area contributed by atoms with Crippen LogP contribution in [0.4, 0.5) is 0 Å². The Kier molecular flexibility index (Phi) is 90.6. The molecule has 1 nitrogen and oxygen atoms in total. The molecule has 0 saturated carbocycles. The summed E-state index contributed by atoms with van der Waals surface area (Å²) in [5.41, 5.74) is 0. The molecule has 0 amide bonds. The minimum atomic E-state index is 0. The molecule has 3 heteroatoms. The number of hydrogen-bond acceptors (Lipinski definition) is 1. The van der Waals surface area contributed by atoms with Gasteiger partial charge in [0.15, 0.2) is 0 Å². The quantitative estimate of drug-likeness (QED) is 0.587. The minimum Gasteiger partial charge on any atom is -0.199 e. The van der Waals surface area contributed by atoms with E-state index in [4.69, 9.17) is 5.26 Å². The lowest BCUT2D eigenvalue weighted by molar-refractivity contribution is 1.49. The van der Waals surface area contributed by atoms with Crippen LogP contribution >= 0.6 is 34.0 Å². The van der Waals surface area contributed by atoms with Crippen LogP contribution in [0.3, 0.4) is 0 Å². The molecule has 0 aliphatic carbocycles. The van der Waals surface area contributed by atoms with Crippen molar-refractivity contribution < 1.29 is 0 Å². The summed E-state index contributed by atoms with van der Waals surface area (Å²) < 4.78 is 0. The van der Waals surface area contributed by atoms with Crippen LogP contribution in [0.1, 0.15) is 6.92 Å². The highest BCUT2D eigenvalue weighted by Gasteiger charge is 1.17. The lowest BCUT2D eigenvalue weighted by Gasteiger charge is -1.15. The molecule has 0 N–H and O–H groups in total. The Morgan fingerprint density at radius 3 is 1.40 bits per heavy atom. The Morgan fingerprint density at radius 1 is 1.40 bits per heavy atom. The maximum Gasteiger partial charge on any atom is 0.0587 e. The fraction of sp³-hybridized carbons (Fsp3) is 0.500. The first-order valence-corrected chi connectivity index (χ1v) is 0.724. The Morgan fingerprint density at radius 2 is 1.40 bits per heavy atom. The summed E-state index contributed by atoms with van der Waals surface area (Å²) in [4.78, 5) is 0. The van der Waals surface area contributed by atoms with Crippen LogP contribution in [0, 0.1) is 11.3 Å².